The van der Waals surface area contributed by atoms with Crippen molar-refractivity contribution >= 4 is 17.0 Å². The summed E-state index contributed by atoms with van der Waals surface area (Å²) in [4.78, 5) is 12.2. The van der Waals surface area contributed by atoms with E-state index in [1.807, 2.05) is 0 Å². The number of hydrogen-bond donors (Lipinski definition) is 4. The van der Waals surface area contributed by atoms with Crippen molar-refractivity contribution in [2.24, 2.45) is 0 Å². The molecule has 3 heterocycles. The quantitative estimate of drug-likeness (QED) is 0.522. The highest BCUT2D eigenvalue weighted by atomic mass is 16.6. The van der Waals surface area contributed by atoms with E-state index in [2.05, 4.69) is 15.0 Å². The number of nitrogens with two attached hydrogens (primary N) is 1. The van der Waals surface area contributed by atoms with Crippen LogP contribution >= 0.6 is 0 Å². The standard InChI is InChI=1S/C14H17N5O4/c1-2-12(21)8(5-20)23-14(4-3-13(12,14)22)19-7-18-9-10(15)16-6-17-11(9)19/h3-4,6-8,20-22H,2,5H2,1H3,(H2,15,16,17)/t8-,12-,13-,14-/m1/s1. The number of nitrogens with zero attached hydrogens (tertiary/aromatic N) is 4. The molecular weight excluding hydrogens is 302 g/mol. The molecule has 0 spiro atoms. The van der Waals surface area contributed by atoms with E-state index in [0.717, 1.165) is 0 Å². The van der Waals surface area contributed by atoms with Gasteiger partial charge in [-0.1, -0.05) is 6.92 Å². The highest BCUT2D eigenvalue weighted by Crippen LogP contribution is 2.58. The van der Waals surface area contributed by atoms with Gasteiger partial charge in [0.05, 0.1) is 12.9 Å². The third kappa shape index (κ3) is 1.39. The van der Waals surface area contributed by atoms with Crippen molar-refractivity contribution in [2.75, 3.05) is 12.3 Å². The van der Waals surface area contributed by atoms with Crippen LogP contribution in [0.5, 0.6) is 0 Å². The van der Waals surface area contributed by atoms with E-state index < -0.39 is 29.6 Å². The molecule has 1 fully saturated rings. The molecule has 1 aliphatic heterocycles. The van der Waals surface area contributed by atoms with E-state index in [1.54, 1.807) is 13.0 Å². The third-order valence-electron chi connectivity index (χ3n) is 5.04. The maximum absolute atomic E-state index is 11.1. The first-order valence-electron chi connectivity index (χ1n) is 7.31. The van der Waals surface area contributed by atoms with Gasteiger partial charge in [-0.05, 0) is 18.6 Å². The minimum Gasteiger partial charge on any atom is -0.394 e. The number of aliphatic hydroxyl groups excluding tert-OH is 1. The molecule has 9 nitrogen and oxygen atoms in total. The number of aliphatic hydroxyl groups is 3. The van der Waals surface area contributed by atoms with Crippen LogP contribution in [0, 0.1) is 0 Å². The molecule has 122 valence electrons. The Morgan fingerprint density at radius 1 is 1.30 bits per heavy atom. The summed E-state index contributed by atoms with van der Waals surface area (Å²) in [5.74, 6) is 0.208. The SMILES string of the molecule is CC[C@@]1(O)[C@@H](CO)O[C@]2(n3cnc4c(N)ncnc43)C=C[C@@]12O. The van der Waals surface area contributed by atoms with Crippen LogP contribution < -0.4 is 5.73 Å². The predicted octanol–water partition coefficient (Wildman–Crippen LogP) is -1.11. The van der Waals surface area contributed by atoms with Crippen LogP contribution in [0.3, 0.4) is 0 Å². The number of ether oxygens (including phenoxy) is 1. The number of anilines is 1. The lowest BCUT2D eigenvalue weighted by Gasteiger charge is -2.48. The minimum atomic E-state index is -1.71. The zero-order chi connectivity index (χ0) is 16.5. The second-order valence-electron chi connectivity index (χ2n) is 5.91. The van der Waals surface area contributed by atoms with Gasteiger partial charge in [0.15, 0.2) is 17.1 Å². The van der Waals surface area contributed by atoms with Gasteiger partial charge >= 0.3 is 0 Å². The van der Waals surface area contributed by atoms with Crippen molar-refractivity contribution in [2.45, 2.75) is 36.4 Å². The predicted molar refractivity (Wildman–Crippen MR) is 79.0 cm³/mol. The Labute approximate surface area is 131 Å². The van der Waals surface area contributed by atoms with Crippen molar-refractivity contribution in [1.29, 1.82) is 0 Å². The lowest BCUT2D eigenvalue weighted by atomic mass is 9.67. The molecule has 0 amide bonds. The molecule has 0 saturated carbocycles. The Bertz CT molecular complexity index is 823. The first-order valence-corrected chi connectivity index (χ1v) is 7.31. The molecule has 4 rings (SSSR count). The monoisotopic (exact) mass is 319 g/mol. The van der Waals surface area contributed by atoms with Gasteiger partial charge in [-0.2, -0.15) is 0 Å². The average Bonchev–Trinajstić information content (AvgIpc) is 3.03. The fourth-order valence-corrected chi connectivity index (χ4v) is 3.63. The summed E-state index contributed by atoms with van der Waals surface area (Å²) >= 11 is 0. The Morgan fingerprint density at radius 3 is 2.70 bits per heavy atom. The summed E-state index contributed by atoms with van der Waals surface area (Å²) < 4.78 is 7.39. The largest absolute Gasteiger partial charge is 0.394 e. The van der Waals surface area contributed by atoms with Crippen LogP contribution in [0.2, 0.25) is 0 Å². The Balaban J connectivity index is 1.95. The summed E-state index contributed by atoms with van der Waals surface area (Å²) in [7, 11) is 0. The lowest BCUT2D eigenvalue weighted by Crippen LogP contribution is -2.66. The maximum Gasteiger partial charge on any atom is 0.202 e. The van der Waals surface area contributed by atoms with Crippen LogP contribution in [0.1, 0.15) is 13.3 Å². The lowest BCUT2D eigenvalue weighted by molar-refractivity contribution is -0.174. The maximum atomic E-state index is 11.1. The van der Waals surface area contributed by atoms with Crippen LogP contribution in [-0.4, -0.2) is 58.8 Å². The van der Waals surface area contributed by atoms with E-state index >= 15 is 0 Å². The molecule has 0 radical (unpaired) electrons. The van der Waals surface area contributed by atoms with Crippen LogP contribution in [0.4, 0.5) is 5.82 Å². The molecule has 9 heteroatoms. The fraction of sp³-hybridized carbons (Fsp3) is 0.500. The van der Waals surface area contributed by atoms with E-state index in [-0.39, 0.29) is 12.2 Å². The Hall–Kier alpha value is -2.07. The van der Waals surface area contributed by atoms with Gasteiger partial charge in [-0.3, -0.25) is 4.57 Å². The first kappa shape index (κ1) is 14.5. The van der Waals surface area contributed by atoms with Crippen molar-refractivity contribution in [3.8, 4) is 0 Å². The van der Waals surface area contributed by atoms with Crippen molar-refractivity contribution in [3.05, 3.63) is 24.8 Å². The fourth-order valence-electron chi connectivity index (χ4n) is 3.63. The third-order valence-corrected chi connectivity index (χ3v) is 5.04. The number of aromatic nitrogens is 4. The zero-order valence-electron chi connectivity index (χ0n) is 12.4. The average molecular weight is 319 g/mol. The Morgan fingerprint density at radius 2 is 2.09 bits per heavy atom. The van der Waals surface area contributed by atoms with Gasteiger partial charge in [-0.15, -0.1) is 0 Å². The van der Waals surface area contributed by atoms with E-state index in [9.17, 15) is 15.3 Å². The molecule has 0 bridgehead atoms. The molecule has 2 aromatic rings. The van der Waals surface area contributed by atoms with Crippen molar-refractivity contribution < 1.29 is 20.1 Å². The molecule has 0 aromatic carbocycles. The van der Waals surface area contributed by atoms with Gasteiger partial charge in [-0.25, -0.2) is 15.0 Å². The van der Waals surface area contributed by atoms with Gasteiger partial charge in [0.25, 0.3) is 0 Å². The second-order valence-corrected chi connectivity index (χ2v) is 5.91. The highest BCUT2D eigenvalue weighted by molar-refractivity contribution is 5.81. The molecule has 2 aliphatic rings. The second kappa shape index (κ2) is 4.26. The van der Waals surface area contributed by atoms with Gasteiger partial charge in [0.1, 0.15) is 23.5 Å². The topological polar surface area (TPSA) is 140 Å². The first-order chi connectivity index (χ1) is 10.9. The van der Waals surface area contributed by atoms with Crippen molar-refractivity contribution in [1.82, 2.24) is 19.5 Å². The number of fused-ring (bicyclic) bond motifs is 2. The summed E-state index contributed by atoms with van der Waals surface area (Å²) in [5, 5.41) is 31.6. The summed E-state index contributed by atoms with van der Waals surface area (Å²) in [5.41, 5.74) is 1.79. The normalized spacial score (nSPS) is 38.7. The molecule has 5 N–H and O–H groups in total. The summed E-state index contributed by atoms with van der Waals surface area (Å²) in [6.45, 7) is 1.29. The van der Waals surface area contributed by atoms with E-state index in [0.29, 0.717) is 11.2 Å². The number of hydrogen-bond acceptors (Lipinski definition) is 8. The summed E-state index contributed by atoms with van der Waals surface area (Å²) in [6, 6.07) is 0. The van der Waals surface area contributed by atoms with Gasteiger partial charge in [0, 0.05) is 0 Å². The summed E-state index contributed by atoms with van der Waals surface area (Å²) in [6.07, 6.45) is 5.05. The van der Waals surface area contributed by atoms with Crippen molar-refractivity contribution in [3.63, 3.8) is 0 Å². The van der Waals surface area contributed by atoms with E-state index in [4.69, 9.17) is 10.5 Å². The molecule has 2 aromatic heterocycles. The molecule has 4 atom stereocenters. The smallest absolute Gasteiger partial charge is 0.202 e. The molecule has 1 saturated heterocycles. The number of nitrogen functional groups attached to an aromatic ring is 1. The number of imidazole rings is 1. The number of rotatable bonds is 3. The minimum absolute atomic E-state index is 0.199. The highest BCUT2D eigenvalue weighted by Gasteiger charge is 2.75. The molecule has 1 aliphatic carbocycles. The van der Waals surface area contributed by atoms with Gasteiger partial charge < -0.3 is 25.8 Å². The van der Waals surface area contributed by atoms with Crippen LogP contribution in [-0.2, 0) is 10.5 Å². The Kier molecular flexibility index (Phi) is 2.69. The zero-order valence-corrected chi connectivity index (χ0v) is 12.4. The van der Waals surface area contributed by atoms with Crippen LogP contribution in [0.25, 0.3) is 11.2 Å². The van der Waals surface area contributed by atoms with E-state index in [1.165, 1.54) is 23.3 Å². The molecule has 23 heavy (non-hydrogen) atoms. The van der Waals surface area contributed by atoms with Gasteiger partial charge in [0.2, 0.25) is 5.72 Å². The molecular formula is C14H17N5O4. The molecule has 0 unspecified atom stereocenters. The van der Waals surface area contributed by atoms with Crippen LogP contribution in [0.15, 0.2) is 24.8 Å².